The van der Waals surface area contributed by atoms with Crippen LogP contribution < -0.4 is 0 Å². The zero-order chi connectivity index (χ0) is 13.1. The third kappa shape index (κ3) is 2.33. The molecule has 1 aliphatic heterocycles. The number of hydrogen-bond donors (Lipinski definition) is 1. The first-order valence-corrected chi connectivity index (χ1v) is 7.25. The summed E-state index contributed by atoms with van der Waals surface area (Å²) in [7, 11) is -4.60. The minimum atomic E-state index is -4.60. The molecule has 1 heterocycles. The molecule has 5 nitrogen and oxygen atoms in total. The first-order chi connectivity index (χ1) is 7.53. The van der Waals surface area contributed by atoms with Crippen molar-refractivity contribution >= 4 is 15.4 Å². The SMILES string of the molecule is CC1(C)CC2CC(C)(CN2C(=O)S(=O)(=O)O)C1. The van der Waals surface area contributed by atoms with E-state index in [0.29, 0.717) is 6.54 Å². The van der Waals surface area contributed by atoms with Gasteiger partial charge in [-0.15, -0.1) is 0 Å². The molecule has 17 heavy (non-hydrogen) atoms. The fraction of sp³-hybridized carbons (Fsp3) is 0.909. The Bertz CT molecular complexity index is 456. The lowest BCUT2D eigenvalue weighted by Gasteiger charge is -2.39. The summed E-state index contributed by atoms with van der Waals surface area (Å²) in [5.74, 6) is 0. The van der Waals surface area contributed by atoms with E-state index in [1.165, 1.54) is 4.90 Å². The first-order valence-electron chi connectivity index (χ1n) is 5.81. The summed E-state index contributed by atoms with van der Waals surface area (Å²) in [5.41, 5.74) is 0.0959. The van der Waals surface area contributed by atoms with Gasteiger partial charge in [0.05, 0.1) is 0 Å². The molecule has 2 aliphatic rings. The van der Waals surface area contributed by atoms with Gasteiger partial charge in [0.1, 0.15) is 0 Å². The highest BCUT2D eigenvalue weighted by molar-refractivity contribution is 8.01. The minimum absolute atomic E-state index is 0.0211. The summed E-state index contributed by atoms with van der Waals surface area (Å²) >= 11 is 0. The maximum atomic E-state index is 11.7. The summed E-state index contributed by atoms with van der Waals surface area (Å²) in [4.78, 5) is 13.0. The van der Waals surface area contributed by atoms with Crippen LogP contribution in [0.5, 0.6) is 0 Å². The molecule has 1 saturated heterocycles. The average molecular weight is 261 g/mol. The fourth-order valence-electron chi connectivity index (χ4n) is 3.82. The lowest BCUT2D eigenvalue weighted by molar-refractivity contribution is 0.130. The van der Waals surface area contributed by atoms with Gasteiger partial charge in [-0.25, -0.2) is 0 Å². The Balaban J connectivity index is 2.28. The molecule has 0 radical (unpaired) electrons. The molecule has 1 N–H and O–H groups in total. The van der Waals surface area contributed by atoms with Crippen molar-refractivity contribution < 1.29 is 17.8 Å². The van der Waals surface area contributed by atoms with Crippen LogP contribution in [0.4, 0.5) is 4.79 Å². The molecule has 1 amide bonds. The number of likely N-dealkylation sites (tertiary alicyclic amines) is 1. The second kappa shape index (κ2) is 3.45. The largest absolute Gasteiger partial charge is 0.366 e. The molecule has 0 aromatic carbocycles. The Morgan fingerprint density at radius 3 is 2.41 bits per heavy atom. The molecule has 2 fully saturated rings. The van der Waals surface area contributed by atoms with Gasteiger partial charge in [-0.3, -0.25) is 9.35 Å². The molecule has 0 aromatic rings. The van der Waals surface area contributed by atoms with E-state index >= 15 is 0 Å². The van der Waals surface area contributed by atoms with E-state index in [1.54, 1.807) is 0 Å². The average Bonchev–Trinajstić information content (AvgIpc) is 2.31. The molecule has 1 saturated carbocycles. The molecule has 2 atom stereocenters. The maximum absolute atomic E-state index is 11.7. The maximum Gasteiger partial charge on any atom is 0.366 e. The highest BCUT2D eigenvalue weighted by atomic mass is 32.2. The molecule has 6 heteroatoms. The van der Waals surface area contributed by atoms with Crippen molar-refractivity contribution in [2.75, 3.05) is 6.54 Å². The van der Waals surface area contributed by atoms with Gasteiger partial charge in [0.25, 0.3) is 0 Å². The van der Waals surface area contributed by atoms with E-state index in [4.69, 9.17) is 4.55 Å². The van der Waals surface area contributed by atoms with Crippen LogP contribution >= 0.6 is 0 Å². The molecule has 2 bridgehead atoms. The summed E-state index contributed by atoms with van der Waals surface area (Å²) < 4.78 is 30.7. The topological polar surface area (TPSA) is 74.7 Å². The summed E-state index contributed by atoms with van der Waals surface area (Å²) in [6, 6.07) is -0.0572. The number of rotatable bonds is 0. The lowest BCUT2D eigenvalue weighted by Crippen LogP contribution is -2.40. The van der Waals surface area contributed by atoms with Gasteiger partial charge in [-0.1, -0.05) is 20.8 Å². The van der Waals surface area contributed by atoms with Gasteiger partial charge >= 0.3 is 15.4 Å². The van der Waals surface area contributed by atoms with Crippen LogP contribution in [-0.4, -0.2) is 35.7 Å². The van der Waals surface area contributed by atoms with Crippen molar-refractivity contribution in [1.29, 1.82) is 0 Å². The third-order valence-electron chi connectivity index (χ3n) is 3.87. The predicted octanol–water partition coefficient (Wildman–Crippen LogP) is 1.89. The summed E-state index contributed by atoms with van der Waals surface area (Å²) in [5, 5.41) is -1.14. The molecule has 0 aromatic heterocycles. The van der Waals surface area contributed by atoms with E-state index in [9.17, 15) is 13.2 Å². The Morgan fingerprint density at radius 2 is 1.88 bits per heavy atom. The van der Waals surface area contributed by atoms with Crippen LogP contribution in [0.15, 0.2) is 0 Å². The number of nitrogens with zero attached hydrogens (tertiary/aromatic N) is 1. The van der Waals surface area contributed by atoms with Gasteiger partial charge in [0.15, 0.2) is 0 Å². The Labute approximate surface area is 102 Å². The second-order valence-corrected chi connectivity index (χ2v) is 7.88. The van der Waals surface area contributed by atoms with Crippen LogP contribution in [-0.2, 0) is 10.1 Å². The van der Waals surface area contributed by atoms with E-state index in [-0.39, 0.29) is 16.9 Å². The number of amides is 1. The molecule has 2 unspecified atom stereocenters. The van der Waals surface area contributed by atoms with Gasteiger partial charge in [0, 0.05) is 12.6 Å². The van der Waals surface area contributed by atoms with E-state index in [2.05, 4.69) is 20.8 Å². The second-order valence-electron chi connectivity index (χ2n) is 6.58. The van der Waals surface area contributed by atoms with Crippen molar-refractivity contribution in [3.8, 4) is 0 Å². The van der Waals surface area contributed by atoms with Crippen molar-refractivity contribution in [3.05, 3.63) is 0 Å². The summed E-state index contributed by atoms with van der Waals surface area (Å²) in [6.07, 6.45) is 2.60. The third-order valence-corrected chi connectivity index (χ3v) is 4.55. The highest BCUT2D eigenvalue weighted by Crippen LogP contribution is 2.52. The molecule has 0 spiro atoms. The highest BCUT2D eigenvalue weighted by Gasteiger charge is 2.52. The predicted molar refractivity (Wildman–Crippen MR) is 63.2 cm³/mol. The fourth-order valence-corrected chi connectivity index (χ4v) is 4.33. The zero-order valence-corrected chi connectivity index (χ0v) is 11.2. The van der Waals surface area contributed by atoms with E-state index in [1.807, 2.05) is 0 Å². The number of hydrogen-bond acceptors (Lipinski definition) is 3. The van der Waals surface area contributed by atoms with E-state index < -0.39 is 15.4 Å². The van der Waals surface area contributed by atoms with Crippen LogP contribution in [0.3, 0.4) is 0 Å². The molecular formula is C11H19NO4S. The number of fused-ring (bicyclic) bond motifs is 2. The number of carbonyl (C=O) groups is 1. The van der Waals surface area contributed by atoms with Gasteiger partial charge < -0.3 is 4.90 Å². The molecule has 1 aliphatic carbocycles. The van der Waals surface area contributed by atoms with Crippen molar-refractivity contribution in [2.45, 2.75) is 46.1 Å². The minimum Gasteiger partial charge on any atom is -0.324 e. The normalized spacial score (nSPS) is 36.0. The quantitative estimate of drug-likeness (QED) is 0.676. The Morgan fingerprint density at radius 1 is 1.29 bits per heavy atom. The van der Waals surface area contributed by atoms with Crippen LogP contribution in [0.1, 0.15) is 40.0 Å². The Hall–Kier alpha value is -0.620. The first kappa shape index (κ1) is 12.8. The molecule has 2 rings (SSSR count). The summed E-state index contributed by atoms with van der Waals surface area (Å²) in [6.45, 7) is 6.79. The standard InChI is InChI=1S/C11H19NO4S/c1-10(2)4-8-5-11(3,6-10)7-12(8)9(13)17(14,15)16/h8H,4-7H2,1-3H3,(H,14,15,16). The molecular weight excluding hydrogens is 242 g/mol. The van der Waals surface area contributed by atoms with Crippen molar-refractivity contribution in [2.24, 2.45) is 10.8 Å². The Kier molecular flexibility index (Phi) is 2.60. The van der Waals surface area contributed by atoms with Gasteiger partial charge in [0.2, 0.25) is 0 Å². The van der Waals surface area contributed by atoms with Crippen LogP contribution in [0.25, 0.3) is 0 Å². The van der Waals surface area contributed by atoms with Crippen LogP contribution in [0, 0.1) is 10.8 Å². The van der Waals surface area contributed by atoms with Gasteiger partial charge in [-0.05, 0) is 30.1 Å². The number of carbonyl (C=O) groups excluding carboxylic acids is 1. The van der Waals surface area contributed by atoms with Crippen molar-refractivity contribution in [3.63, 3.8) is 0 Å². The lowest BCUT2D eigenvalue weighted by atomic mass is 9.65. The van der Waals surface area contributed by atoms with Crippen molar-refractivity contribution in [1.82, 2.24) is 4.90 Å². The smallest absolute Gasteiger partial charge is 0.324 e. The molecule has 98 valence electrons. The zero-order valence-electron chi connectivity index (χ0n) is 10.4. The van der Waals surface area contributed by atoms with Crippen LogP contribution in [0.2, 0.25) is 0 Å². The monoisotopic (exact) mass is 261 g/mol. The van der Waals surface area contributed by atoms with Gasteiger partial charge in [-0.2, -0.15) is 8.42 Å². The van der Waals surface area contributed by atoms with E-state index in [0.717, 1.165) is 19.3 Å².